The molecule has 0 unspecified atom stereocenters. The Balaban J connectivity index is 1.89. The van der Waals surface area contributed by atoms with Gasteiger partial charge in [0.25, 0.3) is 0 Å². The van der Waals surface area contributed by atoms with Gasteiger partial charge in [0.15, 0.2) is 5.69 Å². The van der Waals surface area contributed by atoms with Crippen molar-refractivity contribution < 1.29 is 19.4 Å². The Bertz CT molecular complexity index is 781. The molecule has 0 radical (unpaired) electrons. The van der Waals surface area contributed by atoms with Crippen LogP contribution in [0.15, 0.2) is 30.5 Å². The maximum Gasteiger partial charge on any atom is 0.358 e. The second-order valence-corrected chi connectivity index (χ2v) is 7.50. The average Bonchev–Trinajstić information content (AvgIpc) is 3.07. The zero-order valence-corrected chi connectivity index (χ0v) is 16.1. The van der Waals surface area contributed by atoms with Gasteiger partial charge in [0.2, 0.25) is 5.91 Å². The largest absolute Gasteiger partial charge is 0.493 e. The van der Waals surface area contributed by atoms with Crippen molar-refractivity contribution >= 4 is 11.9 Å². The lowest BCUT2D eigenvalue weighted by molar-refractivity contribution is -0.122. The summed E-state index contributed by atoms with van der Waals surface area (Å²) in [7, 11) is 0. The van der Waals surface area contributed by atoms with E-state index in [1.807, 2.05) is 38.1 Å². The number of amides is 1. The lowest BCUT2D eigenvalue weighted by Crippen LogP contribution is -2.38. The van der Waals surface area contributed by atoms with Gasteiger partial charge >= 0.3 is 5.97 Å². The molecular weight excluding hydrogens is 348 g/mol. The minimum absolute atomic E-state index is 0.0850. The number of carbonyl (C=O) groups excluding carboxylic acids is 1. The number of carboxylic acid groups (broad SMARTS) is 1. The maximum atomic E-state index is 12.1. The summed E-state index contributed by atoms with van der Waals surface area (Å²) in [5.74, 6) is -0.147. The monoisotopic (exact) mass is 374 g/mol. The summed E-state index contributed by atoms with van der Waals surface area (Å²) in [6.07, 6.45) is 1.23. The third-order valence-corrected chi connectivity index (χ3v) is 4.01. The number of carbonyl (C=O) groups is 2. The van der Waals surface area contributed by atoms with Crippen molar-refractivity contribution in [2.75, 3.05) is 13.2 Å². The number of nitrogens with zero attached hydrogens (tertiary/aromatic N) is 3. The molecule has 27 heavy (non-hydrogen) atoms. The van der Waals surface area contributed by atoms with Gasteiger partial charge in [-0.1, -0.05) is 45.0 Å². The molecule has 0 saturated heterocycles. The van der Waals surface area contributed by atoms with E-state index in [2.05, 4.69) is 29.5 Å². The first-order valence-electron chi connectivity index (χ1n) is 8.81. The van der Waals surface area contributed by atoms with Crippen LogP contribution in [0, 0.1) is 5.92 Å². The summed E-state index contributed by atoms with van der Waals surface area (Å²) in [5.41, 5.74) is 0.609. The van der Waals surface area contributed by atoms with Crippen LogP contribution in [0.2, 0.25) is 0 Å². The highest BCUT2D eigenvalue weighted by molar-refractivity contribution is 5.84. The topological polar surface area (TPSA) is 106 Å². The van der Waals surface area contributed by atoms with E-state index in [0.717, 1.165) is 11.3 Å². The highest BCUT2D eigenvalue weighted by Gasteiger charge is 2.22. The fourth-order valence-electron chi connectivity index (χ4n) is 2.36. The minimum atomic E-state index is -1.18. The van der Waals surface area contributed by atoms with E-state index in [1.165, 1.54) is 10.9 Å². The standard InChI is InChI=1S/C19H26N4O4/c1-13(2)11-27-15-7-5-14(6-8-15)19(3,4)12-20-17(24)10-23-9-16(18(25)26)21-22-23/h5-9,13H,10-12H2,1-4H3,(H,20,24)(H,25,26). The zero-order chi connectivity index (χ0) is 20.0. The number of hydrogen-bond acceptors (Lipinski definition) is 5. The third-order valence-electron chi connectivity index (χ3n) is 4.01. The van der Waals surface area contributed by atoms with E-state index in [0.29, 0.717) is 19.1 Å². The molecule has 146 valence electrons. The Kier molecular flexibility index (Phi) is 6.55. The van der Waals surface area contributed by atoms with Crippen molar-refractivity contribution in [3.8, 4) is 5.75 Å². The van der Waals surface area contributed by atoms with E-state index in [1.54, 1.807) is 0 Å². The smallest absolute Gasteiger partial charge is 0.358 e. The molecule has 0 fully saturated rings. The van der Waals surface area contributed by atoms with E-state index in [4.69, 9.17) is 9.84 Å². The summed E-state index contributed by atoms with van der Waals surface area (Å²) in [6, 6.07) is 7.87. The molecule has 0 bridgehead atoms. The molecule has 1 amide bonds. The van der Waals surface area contributed by atoms with Crippen LogP contribution in [0.25, 0.3) is 0 Å². The van der Waals surface area contributed by atoms with Crippen molar-refractivity contribution in [2.45, 2.75) is 39.7 Å². The summed E-state index contributed by atoms with van der Waals surface area (Å²) >= 11 is 0. The van der Waals surface area contributed by atoms with Crippen LogP contribution in [0.3, 0.4) is 0 Å². The first kappa shape index (κ1) is 20.4. The average molecular weight is 374 g/mol. The Morgan fingerprint density at radius 1 is 1.26 bits per heavy atom. The van der Waals surface area contributed by atoms with Gasteiger partial charge in [0.05, 0.1) is 12.8 Å². The number of carboxylic acids is 1. The van der Waals surface area contributed by atoms with E-state index in [9.17, 15) is 9.59 Å². The van der Waals surface area contributed by atoms with Gasteiger partial charge in [-0.05, 0) is 23.6 Å². The van der Waals surface area contributed by atoms with Crippen LogP contribution < -0.4 is 10.1 Å². The molecule has 1 aromatic heterocycles. The van der Waals surface area contributed by atoms with Crippen molar-refractivity contribution in [3.05, 3.63) is 41.7 Å². The third kappa shape index (κ3) is 6.09. The first-order chi connectivity index (χ1) is 12.7. The molecule has 0 aliphatic rings. The van der Waals surface area contributed by atoms with Crippen molar-refractivity contribution in [1.82, 2.24) is 20.3 Å². The van der Waals surface area contributed by atoms with Gasteiger partial charge in [-0.25, -0.2) is 9.48 Å². The molecule has 8 heteroatoms. The van der Waals surface area contributed by atoms with Crippen molar-refractivity contribution in [3.63, 3.8) is 0 Å². The van der Waals surface area contributed by atoms with Gasteiger partial charge in [0.1, 0.15) is 12.3 Å². The maximum absolute atomic E-state index is 12.1. The predicted molar refractivity (Wildman–Crippen MR) is 99.8 cm³/mol. The van der Waals surface area contributed by atoms with E-state index < -0.39 is 5.97 Å². The van der Waals surface area contributed by atoms with Gasteiger partial charge in [-0.3, -0.25) is 4.79 Å². The number of aromatic carboxylic acids is 1. The lowest BCUT2D eigenvalue weighted by Gasteiger charge is -2.26. The summed E-state index contributed by atoms with van der Waals surface area (Å²) in [5, 5.41) is 18.8. The Hall–Kier alpha value is -2.90. The number of benzene rings is 1. The summed E-state index contributed by atoms with van der Waals surface area (Å²) in [4.78, 5) is 22.9. The van der Waals surface area contributed by atoms with Crippen LogP contribution in [-0.2, 0) is 16.8 Å². The van der Waals surface area contributed by atoms with Crippen molar-refractivity contribution in [1.29, 1.82) is 0 Å². The van der Waals surface area contributed by atoms with Crippen molar-refractivity contribution in [2.24, 2.45) is 5.92 Å². The fraction of sp³-hybridized carbons (Fsp3) is 0.474. The Morgan fingerprint density at radius 3 is 2.48 bits per heavy atom. The van der Waals surface area contributed by atoms with Gasteiger partial charge in [-0.2, -0.15) is 0 Å². The second-order valence-electron chi connectivity index (χ2n) is 7.50. The normalized spacial score (nSPS) is 11.4. The minimum Gasteiger partial charge on any atom is -0.493 e. The first-order valence-corrected chi connectivity index (χ1v) is 8.81. The molecule has 2 aromatic rings. The van der Waals surface area contributed by atoms with Crippen LogP contribution in [0.5, 0.6) is 5.75 Å². The number of nitrogens with one attached hydrogen (secondary N) is 1. The van der Waals surface area contributed by atoms with Gasteiger partial charge in [0, 0.05) is 12.0 Å². The molecular formula is C19H26N4O4. The lowest BCUT2D eigenvalue weighted by atomic mass is 9.84. The number of ether oxygens (including phenoxy) is 1. The van der Waals surface area contributed by atoms with Crippen LogP contribution in [-0.4, -0.2) is 45.1 Å². The van der Waals surface area contributed by atoms with Crippen LogP contribution >= 0.6 is 0 Å². The number of aromatic nitrogens is 3. The molecule has 0 atom stereocenters. The number of hydrogen-bond donors (Lipinski definition) is 2. The Labute approximate surface area is 158 Å². The molecule has 1 heterocycles. The van der Waals surface area contributed by atoms with Crippen LogP contribution in [0.1, 0.15) is 43.7 Å². The quantitative estimate of drug-likeness (QED) is 0.696. The van der Waals surface area contributed by atoms with Gasteiger partial charge < -0.3 is 15.2 Å². The van der Waals surface area contributed by atoms with Crippen LogP contribution in [0.4, 0.5) is 0 Å². The Morgan fingerprint density at radius 2 is 1.93 bits per heavy atom. The highest BCUT2D eigenvalue weighted by Crippen LogP contribution is 2.24. The molecule has 8 nitrogen and oxygen atoms in total. The fourth-order valence-corrected chi connectivity index (χ4v) is 2.36. The van der Waals surface area contributed by atoms with Gasteiger partial charge in [-0.15, -0.1) is 5.10 Å². The second kappa shape index (κ2) is 8.66. The summed E-state index contributed by atoms with van der Waals surface area (Å²) < 4.78 is 6.89. The molecule has 2 rings (SSSR count). The van der Waals surface area contributed by atoms with E-state index in [-0.39, 0.29) is 23.6 Å². The molecule has 2 N–H and O–H groups in total. The zero-order valence-electron chi connectivity index (χ0n) is 16.1. The molecule has 0 aliphatic heterocycles. The summed E-state index contributed by atoms with van der Waals surface area (Å²) in [6.45, 7) is 9.29. The molecule has 1 aromatic carbocycles. The molecule has 0 saturated carbocycles. The molecule has 0 spiro atoms. The highest BCUT2D eigenvalue weighted by atomic mass is 16.5. The number of rotatable bonds is 9. The molecule has 0 aliphatic carbocycles. The SMILES string of the molecule is CC(C)COc1ccc(C(C)(C)CNC(=O)Cn2cc(C(=O)O)nn2)cc1. The predicted octanol–water partition coefficient (Wildman–Crippen LogP) is 2.11. The van der Waals surface area contributed by atoms with E-state index >= 15 is 0 Å².